The van der Waals surface area contributed by atoms with Crippen LogP contribution in [-0.4, -0.2) is 22.4 Å². The molecule has 0 aliphatic carbocycles. The van der Waals surface area contributed by atoms with Crippen LogP contribution in [0.15, 0.2) is 35.1 Å². The Morgan fingerprint density at radius 2 is 1.95 bits per heavy atom. The summed E-state index contributed by atoms with van der Waals surface area (Å²) in [5.41, 5.74) is -0.644. The van der Waals surface area contributed by atoms with Crippen molar-refractivity contribution >= 4 is 16.7 Å². The highest BCUT2D eigenvalue weighted by Gasteiger charge is 2.25. The van der Waals surface area contributed by atoms with Crippen molar-refractivity contribution < 1.29 is 14.7 Å². The average Bonchev–Trinajstić information content (AvgIpc) is 2.42. The van der Waals surface area contributed by atoms with Crippen molar-refractivity contribution in [2.24, 2.45) is 5.41 Å². The summed E-state index contributed by atoms with van der Waals surface area (Å²) >= 11 is 0. The molecule has 1 N–H and O–H groups in total. The van der Waals surface area contributed by atoms with Crippen LogP contribution in [0, 0.1) is 5.41 Å². The Kier molecular flexibility index (Phi) is 4.14. The van der Waals surface area contributed by atoms with Gasteiger partial charge in [0.05, 0.1) is 16.5 Å². The van der Waals surface area contributed by atoms with E-state index in [9.17, 15) is 9.59 Å². The van der Waals surface area contributed by atoms with Crippen LogP contribution in [0.1, 0.15) is 26.5 Å². The zero-order valence-electron chi connectivity index (χ0n) is 12.4. The number of fused-ring (bicyclic) bond motifs is 1. The van der Waals surface area contributed by atoms with Gasteiger partial charge >= 0.3 is 5.97 Å². The Morgan fingerprint density at radius 3 is 2.57 bits per heavy atom. The summed E-state index contributed by atoms with van der Waals surface area (Å²) in [6, 6.07) is 8.83. The Morgan fingerprint density at radius 1 is 1.29 bits per heavy atom. The van der Waals surface area contributed by atoms with Gasteiger partial charge in [-0.1, -0.05) is 18.2 Å². The second-order valence-electron chi connectivity index (χ2n) is 5.92. The molecule has 112 valence electrons. The standard InChI is InChI=1S/C16H19NO4/c1-16(2,3)15(20)21-17-12(8-9-18)10-11-6-4-5-7-13(11)14(17)19/h4-7,10,18H,8-9H2,1-3H3. The van der Waals surface area contributed by atoms with Crippen molar-refractivity contribution in [1.29, 1.82) is 0 Å². The summed E-state index contributed by atoms with van der Waals surface area (Å²) in [5, 5.41) is 10.4. The highest BCUT2D eigenvalue weighted by atomic mass is 16.7. The molecule has 0 fully saturated rings. The summed E-state index contributed by atoms with van der Waals surface area (Å²) in [5.74, 6) is -0.501. The van der Waals surface area contributed by atoms with Gasteiger partial charge in [-0.2, -0.15) is 0 Å². The van der Waals surface area contributed by atoms with E-state index in [-0.39, 0.29) is 13.0 Å². The molecule has 0 bridgehead atoms. The molecule has 1 aromatic heterocycles. The van der Waals surface area contributed by atoms with E-state index in [4.69, 9.17) is 9.94 Å². The fourth-order valence-electron chi connectivity index (χ4n) is 1.90. The summed E-state index contributed by atoms with van der Waals surface area (Å²) in [4.78, 5) is 29.8. The fourth-order valence-corrected chi connectivity index (χ4v) is 1.90. The minimum absolute atomic E-state index is 0.134. The molecule has 0 saturated heterocycles. The SMILES string of the molecule is CC(C)(C)C(=O)On1c(CCO)cc2ccccc2c1=O. The van der Waals surface area contributed by atoms with Crippen LogP contribution >= 0.6 is 0 Å². The molecule has 0 aliphatic rings. The monoisotopic (exact) mass is 289 g/mol. The predicted octanol–water partition coefficient (Wildman–Crippen LogP) is 1.54. The van der Waals surface area contributed by atoms with E-state index in [0.717, 1.165) is 10.1 Å². The Bertz CT molecular complexity index is 725. The van der Waals surface area contributed by atoms with Crippen molar-refractivity contribution in [2.75, 3.05) is 6.61 Å². The molecule has 0 atom stereocenters. The zero-order chi connectivity index (χ0) is 15.6. The second kappa shape index (κ2) is 5.69. The van der Waals surface area contributed by atoms with Crippen molar-refractivity contribution in [1.82, 2.24) is 4.73 Å². The minimum atomic E-state index is -0.721. The minimum Gasteiger partial charge on any atom is -0.396 e. The predicted molar refractivity (Wildman–Crippen MR) is 80.0 cm³/mol. The number of pyridine rings is 1. The number of hydrogen-bond donors (Lipinski definition) is 1. The van der Waals surface area contributed by atoms with Crippen LogP contribution in [-0.2, 0) is 11.2 Å². The Labute approximate surface area is 122 Å². The summed E-state index contributed by atoms with van der Waals surface area (Å²) in [6.07, 6.45) is 0.234. The molecule has 0 radical (unpaired) electrons. The third-order valence-corrected chi connectivity index (χ3v) is 3.11. The molecule has 2 aromatic rings. The summed E-state index contributed by atoms with van der Waals surface area (Å²) in [7, 11) is 0. The van der Waals surface area contributed by atoms with E-state index in [1.807, 2.05) is 12.1 Å². The molecule has 0 aliphatic heterocycles. The number of carbonyl (C=O) groups is 1. The number of benzene rings is 1. The molecule has 1 aromatic carbocycles. The van der Waals surface area contributed by atoms with Crippen molar-refractivity contribution in [2.45, 2.75) is 27.2 Å². The van der Waals surface area contributed by atoms with E-state index in [1.54, 1.807) is 39.0 Å². The maximum absolute atomic E-state index is 12.5. The van der Waals surface area contributed by atoms with Crippen LogP contribution in [0.25, 0.3) is 10.8 Å². The van der Waals surface area contributed by atoms with Gasteiger partial charge in [-0.25, -0.2) is 4.79 Å². The number of nitrogens with zero attached hydrogens (tertiary/aromatic N) is 1. The Hall–Kier alpha value is -2.14. The molecule has 5 nitrogen and oxygen atoms in total. The fraction of sp³-hybridized carbons (Fsp3) is 0.375. The highest BCUT2D eigenvalue weighted by molar-refractivity contribution is 5.82. The first-order valence-electron chi connectivity index (χ1n) is 6.82. The lowest BCUT2D eigenvalue weighted by molar-refractivity contribution is -0.154. The molecule has 5 heteroatoms. The molecular weight excluding hydrogens is 270 g/mol. The first kappa shape index (κ1) is 15.3. The largest absolute Gasteiger partial charge is 0.396 e. The van der Waals surface area contributed by atoms with Gasteiger partial charge in [-0.15, -0.1) is 4.73 Å². The van der Waals surface area contributed by atoms with Crippen molar-refractivity contribution in [3.63, 3.8) is 0 Å². The number of rotatable bonds is 3. The first-order chi connectivity index (χ1) is 9.84. The van der Waals surface area contributed by atoms with Gasteiger partial charge in [0.15, 0.2) is 0 Å². The second-order valence-corrected chi connectivity index (χ2v) is 5.92. The Balaban J connectivity index is 2.59. The normalized spacial score (nSPS) is 11.6. The molecule has 0 amide bonds. The maximum atomic E-state index is 12.5. The van der Waals surface area contributed by atoms with Gasteiger partial charge in [-0.05, 0) is 38.3 Å². The lowest BCUT2D eigenvalue weighted by atomic mass is 9.98. The van der Waals surface area contributed by atoms with Crippen LogP contribution in [0.5, 0.6) is 0 Å². The summed E-state index contributed by atoms with van der Waals surface area (Å²) in [6.45, 7) is 5.01. The zero-order valence-corrected chi connectivity index (χ0v) is 12.4. The lowest BCUT2D eigenvalue weighted by Crippen LogP contribution is -2.38. The number of carbonyl (C=O) groups excluding carboxylic acids is 1. The molecule has 2 rings (SSSR count). The van der Waals surface area contributed by atoms with Crippen molar-refractivity contribution in [3.05, 3.63) is 46.4 Å². The molecular formula is C16H19NO4. The van der Waals surface area contributed by atoms with Gasteiger partial charge in [0.25, 0.3) is 5.56 Å². The molecule has 0 saturated carbocycles. The third kappa shape index (κ3) is 3.13. The van der Waals surface area contributed by atoms with Gasteiger partial charge in [0.2, 0.25) is 0 Å². The van der Waals surface area contributed by atoms with Crippen LogP contribution < -0.4 is 10.4 Å². The summed E-state index contributed by atoms with van der Waals surface area (Å²) < 4.78 is 0.992. The molecule has 21 heavy (non-hydrogen) atoms. The number of hydrogen-bond acceptors (Lipinski definition) is 4. The van der Waals surface area contributed by atoms with E-state index in [1.165, 1.54) is 0 Å². The number of aromatic nitrogens is 1. The van der Waals surface area contributed by atoms with Gasteiger partial charge < -0.3 is 9.94 Å². The van der Waals surface area contributed by atoms with E-state index < -0.39 is 16.9 Å². The third-order valence-electron chi connectivity index (χ3n) is 3.11. The van der Waals surface area contributed by atoms with Gasteiger partial charge in [-0.3, -0.25) is 4.79 Å². The molecule has 0 spiro atoms. The number of aliphatic hydroxyl groups excluding tert-OH is 1. The van der Waals surface area contributed by atoms with Crippen LogP contribution in [0.4, 0.5) is 0 Å². The van der Waals surface area contributed by atoms with E-state index in [0.29, 0.717) is 11.1 Å². The highest BCUT2D eigenvalue weighted by Crippen LogP contribution is 2.16. The van der Waals surface area contributed by atoms with Gasteiger partial charge in [0.1, 0.15) is 0 Å². The lowest BCUT2D eigenvalue weighted by Gasteiger charge is -2.19. The first-order valence-corrected chi connectivity index (χ1v) is 6.82. The topological polar surface area (TPSA) is 68.5 Å². The van der Waals surface area contributed by atoms with E-state index in [2.05, 4.69) is 0 Å². The van der Waals surface area contributed by atoms with Crippen LogP contribution in [0.2, 0.25) is 0 Å². The van der Waals surface area contributed by atoms with Gasteiger partial charge in [0, 0.05) is 13.0 Å². The maximum Gasteiger partial charge on any atom is 0.338 e. The smallest absolute Gasteiger partial charge is 0.338 e. The molecule has 1 heterocycles. The average molecular weight is 289 g/mol. The molecule has 0 unspecified atom stereocenters. The van der Waals surface area contributed by atoms with Crippen LogP contribution in [0.3, 0.4) is 0 Å². The quantitative estimate of drug-likeness (QED) is 0.930. The number of aliphatic hydroxyl groups is 1. The van der Waals surface area contributed by atoms with E-state index >= 15 is 0 Å². The van der Waals surface area contributed by atoms with Crippen molar-refractivity contribution in [3.8, 4) is 0 Å².